The molecule has 1 aromatic heterocycles. The Morgan fingerprint density at radius 2 is 2.19 bits per heavy atom. The fourth-order valence-corrected chi connectivity index (χ4v) is 1.47. The van der Waals surface area contributed by atoms with Crippen molar-refractivity contribution in [1.82, 2.24) is 9.78 Å². The Bertz CT molecular complexity index is 548. The van der Waals surface area contributed by atoms with Gasteiger partial charge in [0.15, 0.2) is 0 Å². The molecule has 0 aliphatic carbocycles. The number of nitrogens with zero attached hydrogens (tertiary/aromatic N) is 2. The minimum Gasteiger partial charge on any atom is -0.364 e. The maximum atomic E-state index is 12.9. The van der Waals surface area contributed by atoms with E-state index in [2.05, 4.69) is 5.10 Å². The second kappa shape index (κ2) is 3.77. The van der Waals surface area contributed by atoms with E-state index in [1.54, 1.807) is 19.2 Å². The summed E-state index contributed by atoms with van der Waals surface area (Å²) in [5, 5.41) is 3.99. The summed E-state index contributed by atoms with van der Waals surface area (Å²) in [7, 11) is 0. The highest BCUT2D eigenvalue weighted by atomic mass is 19.1. The van der Waals surface area contributed by atoms with Gasteiger partial charge in [0.1, 0.15) is 11.5 Å². The summed E-state index contributed by atoms with van der Waals surface area (Å²) in [6.07, 6.45) is 1.61. The third-order valence-corrected chi connectivity index (χ3v) is 2.25. The molecule has 0 atom stereocenters. The third kappa shape index (κ3) is 1.79. The number of aryl methyl sites for hydroxylation is 1. The van der Waals surface area contributed by atoms with Crippen LogP contribution in [0.2, 0.25) is 0 Å². The summed E-state index contributed by atoms with van der Waals surface area (Å²) in [6.45, 7) is 1.77. The fourth-order valence-electron chi connectivity index (χ4n) is 1.47. The van der Waals surface area contributed by atoms with Crippen molar-refractivity contribution >= 4 is 5.91 Å². The SMILES string of the molecule is Cc1cc(F)ccc1-n1ccc(C(N)=O)n1. The molecule has 1 heterocycles. The maximum absolute atomic E-state index is 12.9. The van der Waals surface area contributed by atoms with Crippen LogP contribution in [-0.2, 0) is 0 Å². The molecule has 0 aliphatic heterocycles. The van der Waals surface area contributed by atoms with E-state index >= 15 is 0 Å². The molecule has 2 aromatic rings. The monoisotopic (exact) mass is 219 g/mol. The van der Waals surface area contributed by atoms with Gasteiger partial charge in [0.05, 0.1) is 5.69 Å². The Kier molecular flexibility index (Phi) is 2.44. The first-order chi connectivity index (χ1) is 7.58. The van der Waals surface area contributed by atoms with Crippen LogP contribution >= 0.6 is 0 Å². The van der Waals surface area contributed by atoms with E-state index in [0.29, 0.717) is 5.69 Å². The van der Waals surface area contributed by atoms with E-state index in [4.69, 9.17) is 5.73 Å². The van der Waals surface area contributed by atoms with Gasteiger partial charge >= 0.3 is 0 Å². The van der Waals surface area contributed by atoms with E-state index in [9.17, 15) is 9.18 Å². The van der Waals surface area contributed by atoms with Crippen molar-refractivity contribution in [2.45, 2.75) is 6.92 Å². The molecule has 1 amide bonds. The molecule has 0 fully saturated rings. The van der Waals surface area contributed by atoms with Gasteiger partial charge in [-0.05, 0) is 36.8 Å². The van der Waals surface area contributed by atoms with Crippen molar-refractivity contribution in [3.8, 4) is 5.69 Å². The number of primary amides is 1. The Hall–Kier alpha value is -2.17. The summed E-state index contributed by atoms with van der Waals surface area (Å²) < 4.78 is 14.4. The van der Waals surface area contributed by atoms with Crippen LogP contribution in [0.4, 0.5) is 4.39 Å². The highest BCUT2D eigenvalue weighted by Gasteiger charge is 2.07. The zero-order chi connectivity index (χ0) is 11.7. The van der Waals surface area contributed by atoms with Crippen molar-refractivity contribution in [3.05, 3.63) is 47.5 Å². The number of rotatable bonds is 2. The van der Waals surface area contributed by atoms with Crippen LogP contribution in [0.25, 0.3) is 5.69 Å². The fraction of sp³-hybridized carbons (Fsp3) is 0.0909. The molecule has 4 nitrogen and oxygen atoms in total. The molecule has 5 heteroatoms. The molecule has 1 aromatic carbocycles. The molecular formula is C11H10FN3O. The lowest BCUT2D eigenvalue weighted by molar-refractivity contribution is 0.0995. The predicted octanol–water partition coefficient (Wildman–Crippen LogP) is 1.42. The normalized spacial score (nSPS) is 10.4. The maximum Gasteiger partial charge on any atom is 0.269 e. The van der Waals surface area contributed by atoms with Gasteiger partial charge in [0.2, 0.25) is 0 Å². The van der Waals surface area contributed by atoms with E-state index in [1.165, 1.54) is 22.9 Å². The third-order valence-electron chi connectivity index (χ3n) is 2.25. The second-order valence-electron chi connectivity index (χ2n) is 3.44. The lowest BCUT2D eigenvalue weighted by Crippen LogP contribution is -2.12. The van der Waals surface area contributed by atoms with E-state index in [-0.39, 0.29) is 11.5 Å². The molecule has 0 radical (unpaired) electrons. The zero-order valence-electron chi connectivity index (χ0n) is 8.64. The van der Waals surface area contributed by atoms with E-state index in [1.807, 2.05) is 0 Å². The Labute approximate surface area is 91.5 Å². The molecule has 0 aliphatic rings. The summed E-state index contributed by atoms with van der Waals surface area (Å²) >= 11 is 0. The molecule has 0 spiro atoms. The van der Waals surface area contributed by atoms with E-state index in [0.717, 1.165) is 5.56 Å². The van der Waals surface area contributed by atoms with Crippen molar-refractivity contribution in [1.29, 1.82) is 0 Å². The lowest BCUT2D eigenvalue weighted by atomic mass is 10.2. The molecular weight excluding hydrogens is 209 g/mol. The van der Waals surface area contributed by atoms with Gasteiger partial charge in [-0.3, -0.25) is 4.79 Å². The smallest absolute Gasteiger partial charge is 0.269 e. The topological polar surface area (TPSA) is 60.9 Å². The van der Waals surface area contributed by atoms with Crippen LogP contribution in [0.3, 0.4) is 0 Å². The Morgan fingerprint density at radius 3 is 2.75 bits per heavy atom. The van der Waals surface area contributed by atoms with Gasteiger partial charge in [-0.2, -0.15) is 5.10 Å². The number of aromatic nitrogens is 2. The van der Waals surface area contributed by atoms with Crippen LogP contribution < -0.4 is 5.73 Å². The first kappa shape index (κ1) is 10.4. The van der Waals surface area contributed by atoms with Crippen molar-refractivity contribution in [2.75, 3.05) is 0 Å². The first-order valence-corrected chi connectivity index (χ1v) is 4.70. The highest BCUT2D eigenvalue weighted by Crippen LogP contribution is 2.14. The Morgan fingerprint density at radius 1 is 1.44 bits per heavy atom. The molecule has 2 rings (SSSR count). The molecule has 0 saturated heterocycles. The van der Waals surface area contributed by atoms with Gasteiger partial charge < -0.3 is 5.73 Å². The summed E-state index contributed by atoms with van der Waals surface area (Å²) in [5.41, 5.74) is 6.73. The van der Waals surface area contributed by atoms with Crippen LogP contribution in [0.5, 0.6) is 0 Å². The van der Waals surface area contributed by atoms with Crippen LogP contribution in [0, 0.1) is 12.7 Å². The quantitative estimate of drug-likeness (QED) is 0.830. The number of benzene rings is 1. The largest absolute Gasteiger partial charge is 0.364 e. The number of hydrogen-bond donors (Lipinski definition) is 1. The molecule has 0 unspecified atom stereocenters. The van der Waals surface area contributed by atoms with Crippen molar-refractivity contribution in [2.24, 2.45) is 5.73 Å². The number of halogens is 1. The number of hydrogen-bond acceptors (Lipinski definition) is 2. The van der Waals surface area contributed by atoms with Gasteiger partial charge in [-0.1, -0.05) is 0 Å². The molecule has 0 bridgehead atoms. The zero-order valence-corrected chi connectivity index (χ0v) is 8.64. The van der Waals surface area contributed by atoms with Gasteiger partial charge in [0.25, 0.3) is 5.91 Å². The predicted molar refractivity (Wildman–Crippen MR) is 56.8 cm³/mol. The average molecular weight is 219 g/mol. The van der Waals surface area contributed by atoms with Gasteiger partial charge in [0, 0.05) is 6.20 Å². The summed E-state index contributed by atoms with van der Waals surface area (Å²) in [6, 6.07) is 5.86. The van der Waals surface area contributed by atoms with Crippen LogP contribution in [0.1, 0.15) is 16.1 Å². The van der Waals surface area contributed by atoms with Crippen molar-refractivity contribution < 1.29 is 9.18 Å². The molecule has 2 N–H and O–H groups in total. The van der Waals surface area contributed by atoms with Gasteiger partial charge in [-0.15, -0.1) is 0 Å². The van der Waals surface area contributed by atoms with Crippen LogP contribution in [0.15, 0.2) is 30.5 Å². The molecule has 0 saturated carbocycles. The minimum atomic E-state index is -0.585. The highest BCUT2D eigenvalue weighted by molar-refractivity contribution is 5.90. The number of amides is 1. The van der Waals surface area contributed by atoms with Gasteiger partial charge in [-0.25, -0.2) is 9.07 Å². The number of carbonyl (C=O) groups is 1. The average Bonchev–Trinajstić information content (AvgIpc) is 2.66. The number of nitrogens with two attached hydrogens (primary N) is 1. The van der Waals surface area contributed by atoms with E-state index < -0.39 is 5.91 Å². The molecule has 82 valence electrons. The first-order valence-electron chi connectivity index (χ1n) is 4.70. The Balaban J connectivity index is 2.46. The van der Waals surface area contributed by atoms with Crippen molar-refractivity contribution in [3.63, 3.8) is 0 Å². The summed E-state index contributed by atoms with van der Waals surface area (Å²) in [5.74, 6) is -0.887. The number of carbonyl (C=O) groups excluding carboxylic acids is 1. The second-order valence-corrected chi connectivity index (χ2v) is 3.44. The molecule has 16 heavy (non-hydrogen) atoms. The summed E-state index contributed by atoms with van der Waals surface area (Å²) in [4.78, 5) is 10.9. The minimum absolute atomic E-state index is 0.184. The standard InChI is InChI=1S/C11H10FN3O/c1-7-6-8(12)2-3-10(7)15-5-4-9(14-15)11(13)16/h2-6H,1H3,(H2,13,16). The van der Waals surface area contributed by atoms with Crippen LogP contribution in [-0.4, -0.2) is 15.7 Å². The lowest BCUT2D eigenvalue weighted by Gasteiger charge is -2.05.